The van der Waals surface area contributed by atoms with Gasteiger partial charge in [-0.15, -0.1) is 0 Å². The molecule has 0 spiro atoms. The third-order valence-corrected chi connectivity index (χ3v) is 3.26. The molecular weight excluding hydrogens is 186 g/mol. The number of nitrogens with two attached hydrogens (primary N) is 1. The maximum Gasteiger partial charge on any atom is 0.0713 e. The highest BCUT2D eigenvalue weighted by molar-refractivity contribution is 5.37. The lowest BCUT2D eigenvalue weighted by molar-refractivity contribution is 0.538. The maximum absolute atomic E-state index is 5.66. The first-order valence-corrected chi connectivity index (χ1v) is 5.81. The molecule has 1 unspecified atom stereocenters. The summed E-state index contributed by atoms with van der Waals surface area (Å²) in [5.74, 6) is 0.637. The number of aryl methyl sites for hydroxylation is 1. The van der Waals surface area contributed by atoms with Gasteiger partial charge >= 0.3 is 0 Å². The monoisotopic (exact) mass is 207 g/mol. The van der Waals surface area contributed by atoms with E-state index in [2.05, 4.69) is 31.0 Å². The second-order valence-corrected chi connectivity index (χ2v) is 5.53. The first-order valence-electron chi connectivity index (χ1n) is 5.81. The Bertz CT molecular complexity index is 346. The van der Waals surface area contributed by atoms with Crippen molar-refractivity contribution in [1.29, 1.82) is 0 Å². The van der Waals surface area contributed by atoms with Gasteiger partial charge in [-0.05, 0) is 37.3 Å². The summed E-state index contributed by atoms with van der Waals surface area (Å²) in [6.45, 7) is 7.45. The van der Waals surface area contributed by atoms with E-state index in [0.29, 0.717) is 5.92 Å². The second kappa shape index (κ2) is 3.63. The predicted octanol–water partition coefficient (Wildman–Crippen LogP) is 2.09. The second-order valence-electron chi connectivity index (χ2n) is 5.53. The van der Waals surface area contributed by atoms with Crippen molar-refractivity contribution >= 4 is 0 Å². The first kappa shape index (κ1) is 10.7. The van der Waals surface area contributed by atoms with Gasteiger partial charge in [0.15, 0.2) is 0 Å². The molecule has 0 fully saturated rings. The molecule has 0 radical (unpaired) electrons. The van der Waals surface area contributed by atoms with Gasteiger partial charge in [0, 0.05) is 11.1 Å². The van der Waals surface area contributed by atoms with Gasteiger partial charge in [0.2, 0.25) is 0 Å². The SMILES string of the molecule is CC(C)(C)c1n[nH]c2c1C(CCN)CC2. The van der Waals surface area contributed by atoms with Crippen LogP contribution in [0.3, 0.4) is 0 Å². The quantitative estimate of drug-likeness (QED) is 0.780. The van der Waals surface area contributed by atoms with E-state index >= 15 is 0 Å². The van der Waals surface area contributed by atoms with E-state index in [9.17, 15) is 0 Å². The average molecular weight is 207 g/mol. The zero-order chi connectivity index (χ0) is 11.1. The Morgan fingerprint density at radius 1 is 1.47 bits per heavy atom. The number of nitrogens with one attached hydrogen (secondary N) is 1. The van der Waals surface area contributed by atoms with Crippen LogP contribution >= 0.6 is 0 Å². The topological polar surface area (TPSA) is 54.7 Å². The minimum Gasteiger partial charge on any atom is -0.330 e. The Balaban J connectivity index is 2.36. The Kier molecular flexibility index (Phi) is 2.59. The predicted molar refractivity (Wildman–Crippen MR) is 62.0 cm³/mol. The largest absolute Gasteiger partial charge is 0.330 e. The normalized spacial score (nSPS) is 20.7. The minimum absolute atomic E-state index is 0.140. The van der Waals surface area contributed by atoms with Crippen molar-refractivity contribution in [2.75, 3.05) is 6.54 Å². The lowest BCUT2D eigenvalue weighted by Gasteiger charge is -2.20. The van der Waals surface area contributed by atoms with Crippen LogP contribution in [0.15, 0.2) is 0 Å². The molecule has 0 aromatic carbocycles. The van der Waals surface area contributed by atoms with Gasteiger partial charge in [0.05, 0.1) is 5.69 Å². The number of hydrogen-bond donors (Lipinski definition) is 2. The molecule has 3 nitrogen and oxygen atoms in total. The summed E-state index contributed by atoms with van der Waals surface area (Å²) >= 11 is 0. The summed E-state index contributed by atoms with van der Waals surface area (Å²) in [6.07, 6.45) is 3.47. The number of nitrogens with zero attached hydrogens (tertiary/aromatic N) is 1. The number of aromatic amines is 1. The van der Waals surface area contributed by atoms with Crippen LogP contribution in [-0.4, -0.2) is 16.7 Å². The van der Waals surface area contributed by atoms with Gasteiger partial charge in [-0.1, -0.05) is 20.8 Å². The van der Waals surface area contributed by atoms with Crippen LogP contribution < -0.4 is 5.73 Å². The van der Waals surface area contributed by atoms with E-state index in [1.807, 2.05) is 0 Å². The Hall–Kier alpha value is -0.830. The summed E-state index contributed by atoms with van der Waals surface area (Å²) in [5, 5.41) is 7.67. The van der Waals surface area contributed by atoms with E-state index in [0.717, 1.165) is 19.4 Å². The molecule has 0 amide bonds. The molecule has 3 heteroatoms. The van der Waals surface area contributed by atoms with Crippen molar-refractivity contribution < 1.29 is 0 Å². The molecule has 1 aromatic rings. The van der Waals surface area contributed by atoms with E-state index < -0.39 is 0 Å². The molecule has 2 rings (SSSR count). The van der Waals surface area contributed by atoms with E-state index in [4.69, 9.17) is 5.73 Å². The first-order chi connectivity index (χ1) is 7.04. The average Bonchev–Trinajstić information content (AvgIpc) is 2.66. The lowest BCUT2D eigenvalue weighted by atomic mass is 9.85. The summed E-state index contributed by atoms with van der Waals surface area (Å²) in [5.41, 5.74) is 9.86. The van der Waals surface area contributed by atoms with E-state index in [1.54, 1.807) is 0 Å². The van der Waals surface area contributed by atoms with Crippen molar-refractivity contribution in [3.63, 3.8) is 0 Å². The fourth-order valence-electron chi connectivity index (χ4n) is 2.54. The van der Waals surface area contributed by atoms with E-state index in [1.165, 1.54) is 23.4 Å². The van der Waals surface area contributed by atoms with Crippen LogP contribution in [0, 0.1) is 0 Å². The van der Waals surface area contributed by atoms with Crippen molar-refractivity contribution in [2.24, 2.45) is 5.73 Å². The van der Waals surface area contributed by atoms with Gasteiger partial charge in [-0.25, -0.2) is 0 Å². The van der Waals surface area contributed by atoms with Crippen LogP contribution in [0.4, 0.5) is 0 Å². The molecule has 84 valence electrons. The highest BCUT2D eigenvalue weighted by atomic mass is 15.1. The minimum atomic E-state index is 0.140. The molecule has 3 N–H and O–H groups in total. The summed E-state index contributed by atoms with van der Waals surface area (Å²) in [4.78, 5) is 0. The third kappa shape index (κ3) is 1.81. The number of H-pyrrole nitrogens is 1. The summed E-state index contributed by atoms with van der Waals surface area (Å²) < 4.78 is 0. The molecule has 1 aromatic heterocycles. The van der Waals surface area contributed by atoms with Gasteiger partial charge < -0.3 is 5.73 Å². The molecular formula is C12H21N3. The van der Waals surface area contributed by atoms with Crippen LogP contribution in [0.5, 0.6) is 0 Å². The molecule has 1 atom stereocenters. The zero-order valence-corrected chi connectivity index (χ0v) is 9.93. The van der Waals surface area contributed by atoms with Crippen molar-refractivity contribution in [3.8, 4) is 0 Å². The van der Waals surface area contributed by atoms with E-state index in [-0.39, 0.29) is 5.41 Å². The maximum atomic E-state index is 5.66. The molecule has 1 heterocycles. The Labute approximate surface area is 91.4 Å². The highest BCUT2D eigenvalue weighted by Crippen LogP contribution is 2.40. The third-order valence-electron chi connectivity index (χ3n) is 3.26. The number of hydrogen-bond acceptors (Lipinski definition) is 2. The van der Waals surface area contributed by atoms with Crippen LogP contribution in [0.1, 0.15) is 56.5 Å². The lowest BCUT2D eigenvalue weighted by Crippen LogP contribution is -2.16. The molecule has 0 aliphatic heterocycles. The number of rotatable bonds is 2. The smallest absolute Gasteiger partial charge is 0.0713 e. The number of fused-ring (bicyclic) bond motifs is 1. The molecule has 15 heavy (non-hydrogen) atoms. The van der Waals surface area contributed by atoms with Gasteiger partial charge in [-0.2, -0.15) is 5.10 Å². The Morgan fingerprint density at radius 3 is 2.80 bits per heavy atom. The highest BCUT2D eigenvalue weighted by Gasteiger charge is 2.32. The van der Waals surface area contributed by atoms with Crippen LogP contribution in [0.25, 0.3) is 0 Å². The fourth-order valence-corrected chi connectivity index (χ4v) is 2.54. The molecule has 0 saturated carbocycles. The summed E-state index contributed by atoms with van der Waals surface area (Å²) in [7, 11) is 0. The fraction of sp³-hybridized carbons (Fsp3) is 0.750. The zero-order valence-electron chi connectivity index (χ0n) is 9.93. The van der Waals surface area contributed by atoms with Crippen LogP contribution in [0.2, 0.25) is 0 Å². The standard InChI is InChI=1S/C12H21N3/c1-12(2,3)11-10-8(6-7-13)4-5-9(10)14-15-11/h8H,4-7,13H2,1-3H3,(H,14,15). The molecule has 0 saturated heterocycles. The van der Waals surface area contributed by atoms with Gasteiger partial charge in [0.25, 0.3) is 0 Å². The molecule has 1 aliphatic carbocycles. The van der Waals surface area contributed by atoms with Gasteiger partial charge in [0.1, 0.15) is 0 Å². The molecule has 1 aliphatic rings. The van der Waals surface area contributed by atoms with Crippen molar-refractivity contribution in [3.05, 3.63) is 17.0 Å². The van der Waals surface area contributed by atoms with Crippen LogP contribution in [-0.2, 0) is 11.8 Å². The number of aromatic nitrogens is 2. The molecule has 0 bridgehead atoms. The van der Waals surface area contributed by atoms with Crippen molar-refractivity contribution in [1.82, 2.24) is 10.2 Å². The van der Waals surface area contributed by atoms with Crippen molar-refractivity contribution in [2.45, 2.75) is 51.4 Å². The van der Waals surface area contributed by atoms with Gasteiger partial charge in [-0.3, -0.25) is 5.10 Å². The Morgan fingerprint density at radius 2 is 2.20 bits per heavy atom. The summed E-state index contributed by atoms with van der Waals surface area (Å²) in [6, 6.07) is 0.